The fourth-order valence-electron chi connectivity index (χ4n) is 1.87. The Balaban J connectivity index is 2.08. The van der Waals surface area contributed by atoms with Crippen molar-refractivity contribution < 1.29 is 5.11 Å². The van der Waals surface area contributed by atoms with Gasteiger partial charge in [0.25, 0.3) is 0 Å². The zero-order valence-corrected chi connectivity index (χ0v) is 7.61. The van der Waals surface area contributed by atoms with Crippen molar-refractivity contribution in [1.82, 2.24) is 5.32 Å². The number of aliphatic hydroxyl groups is 1. The van der Waals surface area contributed by atoms with Gasteiger partial charge in [-0.3, -0.25) is 0 Å². The molecule has 2 nitrogen and oxygen atoms in total. The molecule has 0 radical (unpaired) electrons. The third kappa shape index (κ3) is 1.90. The van der Waals surface area contributed by atoms with Crippen LogP contribution in [0.15, 0.2) is 30.3 Å². The Morgan fingerprint density at radius 1 is 1.31 bits per heavy atom. The van der Waals surface area contributed by atoms with Crippen molar-refractivity contribution in [2.24, 2.45) is 5.92 Å². The summed E-state index contributed by atoms with van der Waals surface area (Å²) in [5.41, 5.74) is 1.04. The number of nitrogens with one attached hydrogen (secondary N) is 1. The molecular formula is C11H15NO. The number of hydrogen-bond donors (Lipinski definition) is 2. The Bertz CT molecular complexity index is 254. The van der Waals surface area contributed by atoms with E-state index in [0.29, 0.717) is 5.92 Å². The van der Waals surface area contributed by atoms with E-state index in [9.17, 15) is 5.11 Å². The average molecular weight is 177 g/mol. The van der Waals surface area contributed by atoms with E-state index in [-0.39, 0.29) is 6.10 Å². The number of aliphatic hydroxyl groups excluding tert-OH is 1. The molecule has 0 spiro atoms. The molecule has 2 atom stereocenters. The second kappa shape index (κ2) is 3.90. The molecule has 1 fully saturated rings. The van der Waals surface area contributed by atoms with E-state index in [1.54, 1.807) is 0 Å². The van der Waals surface area contributed by atoms with Gasteiger partial charge < -0.3 is 10.4 Å². The molecule has 0 aliphatic carbocycles. The molecule has 2 N–H and O–H groups in total. The largest absolute Gasteiger partial charge is 0.388 e. The first-order valence-corrected chi connectivity index (χ1v) is 4.81. The van der Waals surface area contributed by atoms with E-state index < -0.39 is 0 Å². The highest BCUT2D eigenvalue weighted by Crippen LogP contribution is 2.25. The van der Waals surface area contributed by atoms with Crippen molar-refractivity contribution in [1.29, 1.82) is 0 Å². The minimum Gasteiger partial charge on any atom is -0.388 e. The van der Waals surface area contributed by atoms with E-state index in [0.717, 1.165) is 25.1 Å². The van der Waals surface area contributed by atoms with Crippen molar-refractivity contribution in [3.8, 4) is 0 Å². The van der Waals surface area contributed by atoms with Gasteiger partial charge in [0.05, 0.1) is 6.10 Å². The Labute approximate surface area is 78.6 Å². The van der Waals surface area contributed by atoms with Gasteiger partial charge in [-0.2, -0.15) is 0 Å². The third-order valence-electron chi connectivity index (χ3n) is 2.69. The van der Waals surface area contributed by atoms with Crippen LogP contribution in [0.4, 0.5) is 0 Å². The molecule has 1 aliphatic heterocycles. The Morgan fingerprint density at radius 2 is 2.08 bits per heavy atom. The summed E-state index contributed by atoms with van der Waals surface area (Å²) in [6, 6.07) is 9.90. The standard InChI is InChI=1S/C11H15NO/c13-11(10-6-7-12-8-10)9-4-2-1-3-5-9/h1-5,10-13H,6-8H2/t10?,11-/m1/s1. The molecule has 1 heterocycles. The monoisotopic (exact) mass is 177 g/mol. The molecule has 1 aliphatic rings. The molecule has 1 saturated heterocycles. The predicted molar refractivity (Wildman–Crippen MR) is 52.4 cm³/mol. The van der Waals surface area contributed by atoms with Gasteiger partial charge >= 0.3 is 0 Å². The lowest BCUT2D eigenvalue weighted by molar-refractivity contribution is 0.118. The highest BCUT2D eigenvalue weighted by atomic mass is 16.3. The van der Waals surface area contributed by atoms with Crippen molar-refractivity contribution >= 4 is 0 Å². The minimum atomic E-state index is -0.295. The van der Waals surface area contributed by atoms with Crippen LogP contribution in [0.25, 0.3) is 0 Å². The first kappa shape index (κ1) is 8.73. The first-order chi connectivity index (χ1) is 6.38. The molecule has 70 valence electrons. The highest BCUT2D eigenvalue weighted by molar-refractivity contribution is 5.18. The number of benzene rings is 1. The van der Waals surface area contributed by atoms with Crippen LogP contribution >= 0.6 is 0 Å². The molecule has 2 heteroatoms. The summed E-state index contributed by atoms with van der Waals surface area (Å²) in [6.45, 7) is 1.98. The van der Waals surface area contributed by atoms with Crippen molar-refractivity contribution in [3.63, 3.8) is 0 Å². The second-order valence-corrected chi connectivity index (χ2v) is 3.61. The van der Waals surface area contributed by atoms with Gasteiger partial charge in [-0.05, 0) is 18.5 Å². The van der Waals surface area contributed by atoms with Gasteiger partial charge in [0, 0.05) is 12.5 Å². The van der Waals surface area contributed by atoms with Crippen LogP contribution in [-0.4, -0.2) is 18.2 Å². The van der Waals surface area contributed by atoms with E-state index in [2.05, 4.69) is 5.32 Å². The zero-order valence-electron chi connectivity index (χ0n) is 7.61. The fourth-order valence-corrected chi connectivity index (χ4v) is 1.87. The van der Waals surface area contributed by atoms with Gasteiger partial charge in [0.1, 0.15) is 0 Å². The van der Waals surface area contributed by atoms with Crippen molar-refractivity contribution in [2.45, 2.75) is 12.5 Å². The predicted octanol–water partition coefficient (Wildman–Crippen LogP) is 1.33. The average Bonchev–Trinajstić information content (AvgIpc) is 2.71. The van der Waals surface area contributed by atoms with Gasteiger partial charge in [-0.1, -0.05) is 30.3 Å². The molecule has 0 bridgehead atoms. The lowest BCUT2D eigenvalue weighted by Gasteiger charge is -2.16. The second-order valence-electron chi connectivity index (χ2n) is 3.61. The Morgan fingerprint density at radius 3 is 2.69 bits per heavy atom. The van der Waals surface area contributed by atoms with Crippen LogP contribution < -0.4 is 5.32 Å². The minimum absolute atomic E-state index is 0.295. The maximum atomic E-state index is 9.98. The molecule has 1 aromatic rings. The molecule has 13 heavy (non-hydrogen) atoms. The zero-order chi connectivity index (χ0) is 9.10. The van der Waals surface area contributed by atoms with Crippen molar-refractivity contribution in [3.05, 3.63) is 35.9 Å². The molecule has 1 aromatic carbocycles. The van der Waals surface area contributed by atoms with Crippen LogP contribution in [-0.2, 0) is 0 Å². The van der Waals surface area contributed by atoms with Crippen LogP contribution in [0, 0.1) is 5.92 Å². The summed E-state index contributed by atoms with van der Waals surface area (Å²) in [5, 5.41) is 13.2. The summed E-state index contributed by atoms with van der Waals surface area (Å²) in [5.74, 6) is 0.391. The number of hydrogen-bond acceptors (Lipinski definition) is 2. The maximum absolute atomic E-state index is 9.98. The van der Waals surface area contributed by atoms with Gasteiger partial charge in [0.2, 0.25) is 0 Å². The van der Waals surface area contributed by atoms with Gasteiger partial charge in [0.15, 0.2) is 0 Å². The normalized spacial score (nSPS) is 24.5. The topological polar surface area (TPSA) is 32.3 Å². The molecule has 0 aromatic heterocycles. The molecule has 2 rings (SSSR count). The van der Waals surface area contributed by atoms with E-state index in [1.807, 2.05) is 30.3 Å². The molecular weight excluding hydrogens is 162 g/mol. The quantitative estimate of drug-likeness (QED) is 0.714. The first-order valence-electron chi connectivity index (χ1n) is 4.81. The Hall–Kier alpha value is -0.860. The van der Waals surface area contributed by atoms with Gasteiger partial charge in [-0.15, -0.1) is 0 Å². The summed E-state index contributed by atoms with van der Waals surface area (Å²) in [7, 11) is 0. The summed E-state index contributed by atoms with van der Waals surface area (Å²) >= 11 is 0. The van der Waals surface area contributed by atoms with Crippen LogP contribution in [0.3, 0.4) is 0 Å². The molecule has 0 amide bonds. The van der Waals surface area contributed by atoms with E-state index >= 15 is 0 Å². The van der Waals surface area contributed by atoms with Crippen LogP contribution in [0.5, 0.6) is 0 Å². The Kier molecular flexibility index (Phi) is 2.62. The highest BCUT2D eigenvalue weighted by Gasteiger charge is 2.23. The lowest BCUT2D eigenvalue weighted by atomic mass is 9.95. The molecule has 1 unspecified atom stereocenters. The van der Waals surface area contributed by atoms with Gasteiger partial charge in [-0.25, -0.2) is 0 Å². The lowest BCUT2D eigenvalue weighted by Crippen LogP contribution is -2.15. The summed E-state index contributed by atoms with van der Waals surface area (Å²) in [4.78, 5) is 0. The summed E-state index contributed by atoms with van der Waals surface area (Å²) < 4.78 is 0. The van der Waals surface area contributed by atoms with Crippen LogP contribution in [0.1, 0.15) is 18.1 Å². The fraction of sp³-hybridized carbons (Fsp3) is 0.455. The summed E-state index contributed by atoms with van der Waals surface area (Å²) in [6.07, 6.45) is 0.784. The van der Waals surface area contributed by atoms with Crippen LogP contribution in [0.2, 0.25) is 0 Å². The van der Waals surface area contributed by atoms with E-state index in [4.69, 9.17) is 0 Å². The smallest absolute Gasteiger partial charge is 0.0830 e. The SMILES string of the molecule is O[C@H](c1ccccc1)C1CCNC1. The third-order valence-corrected chi connectivity index (χ3v) is 2.69. The molecule has 0 saturated carbocycles. The van der Waals surface area contributed by atoms with Crippen molar-refractivity contribution in [2.75, 3.05) is 13.1 Å². The maximum Gasteiger partial charge on any atom is 0.0830 e. The number of rotatable bonds is 2. The van der Waals surface area contributed by atoms with E-state index in [1.165, 1.54) is 0 Å².